The molecule has 0 saturated carbocycles. The molecule has 0 spiro atoms. The van der Waals surface area contributed by atoms with Crippen molar-refractivity contribution in [2.24, 2.45) is 0 Å². The smallest absolute Gasteiger partial charge is 0.351 e. The number of quaternary nitrogens is 1. The summed E-state index contributed by atoms with van der Waals surface area (Å²) in [7, 11) is 0. The molecule has 0 bridgehead atoms. The highest BCUT2D eigenvalue weighted by atomic mass is 16.7. The summed E-state index contributed by atoms with van der Waals surface area (Å²) in [5.41, 5.74) is 2.06. The summed E-state index contributed by atoms with van der Waals surface area (Å²) in [4.78, 5) is 18.0. The van der Waals surface area contributed by atoms with Gasteiger partial charge in [-0.1, -0.05) is 48.5 Å². The van der Waals surface area contributed by atoms with E-state index in [1.165, 1.54) is 0 Å². The van der Waals surface area contributed by atoms with Crippen molar-refractivity contribution in [3.63, 3.8) is 0 Å². The first-order valence-corrected chi connectivity index (χ1v) is 11.5. The lowest BCUT2D eigenvalue weighted by atomic mass is 10.0. The van der Waals surface area contributed by atoms with E-state index in [9.17, 15) is 5.11 Å². The van der Waals surface area contributed by atoms with E-state index >= 15 is 0 Å². The van der Waals surface area contributed by atoms with E-state index in [1.807, 2.05) is 61.5 Å². The quantitative estimate of drug-likeness (QED) is 0.311. The number of hydrogen-bond acceptors (Lipinski definition) is 7. The molecule has 35 heavy (non-hydrogen) atoms. The molecule has 0 aromatic heterocycles. The summed E-state index contributed by atoms with van der Waals surface area (Å²) >= 11 is 0. The largest absolute Gasteiger partial charge is 0.539 e. The van der Waals surface area contributed by atoms with Gasteiger partial charge in [0.25, 0.3) is 0 Å². The molecule has 9 heteroatoms. The second kappa shape index (κ2) is 15.6. The first-order chi connectivity index (χ1) is 16.9. The van der Waals surface area contributed by atoms with Crippen LogP contribution in [0, 0.1) is 0 Å². The van der Waals surface area contributed by atoms with Crippen LogP contribution in [0.3, 0.4) is 0 Å². The van der Waals surface area contributed by atoms with Gasteiger partial charge in [0.2, 0.25) is 0 Å². The van der Waals surface area contributed by atoms with E-state index in [1.54, 1.807) is 0 Å². The SMILES string of the molecule is CC([NH2+]CCCC1OCCO1)C(O)c1ccc(OC/C=C/c2ccccc2)cc1.O=C([O-])C(=O)O. The number of hydrogen-bond donors (Lipinski definition) is 3. The zero-order valence-corrected chi connectivity index (χ0v) is 19.7. The number of carboxylic acid groups (broad SMARTS) is 2. The molecular weight excluding hydrogens is 454 g/mol. The Morgan fingerprint density at radius 1 is 1.14 bits per heavy atom. The van der Waals surface area contributed by atoms with Gasteiger partial charge in [-0.3, -0.25) is 0 Å². The van der Waals surface area contributed by atoms with Crippen molar-refractivity contribution in [3.8, 4) is 5.75 Å². The van der Waals surface area contributed by atoms with Crippen LogP contribution in [0.15, 0.2) is 60.7 Å². The topological polar surface area (TPSA) is 142 Å². The van der Waals surface area contributed by atoms with Crippen LogP contribution in [0.5, 0.6) is 5.75 Å². The Hall–Kier alpha value is -3.24. The number of rotatable bonds is 11. The van der Waals surface area contributed by atoms with Crippen LogP contribution in [0.4, 0.5) is 0 Å². The van der Waals surface area contributed by atoms with Gasteiger partial charge in [0.1, 0.15) is 24.5 Å². The molecule has 2 aromatic rings. The van der Waals surface area contributed by atoms with E-state index in [0.717, 1.165) is 36.3 Å². The number of ether oxygens (including phenoxy) is 3. The Kier molecular flexibility index (Phi) is 12.5. The molecule has 1 heterocycles. The Labute approximate surface area is 205 Å². The third-order valence-electron chi connectivity index (χ3n) is 5.22. The van der Waals surface area contributed by atoms with E-state index in [-0.39, 0.29) is 12.3 Å². The van der Waals surface area contributed by atoms with Crippen molar-refractivity contribution in [1.82, 2.24) is 0 Å². The number of benzene rings is 2. The molecule has 2 unspecified atom stereocenters. The maximum atomic E-state index is 10.6. The average Bonchev–Trinajstić information content (AvgIpc) is 3.39. The molecular formula is C26H33NO8. The Balaban J connectivity index is 0.000000641. The number of aliphatic carboxylic acids is 2. The van der Waals surface area contributed by atoms with Crippen LogP contribution in [-0.4, -0.2) is 60.8 Å². The van der Waals surface area contributed by atoms with Crippen LogP contribution in [0.2, 0.25) is 0 Å². The predicted octanol–water partition coefficient (Wildman–Crippen LogP) is 0.738. The van der Waals surface area contributed by atoms with Crippen molar-refractivity contribution < 1.29 is 44.4 Å². The van der Waals surface area contributed by atoms with Crippen molar-refractivity contribution in [1.29, 1.82) is 0 Å². The van der Waals surface area contributed by atoms with Gasteiger partial charge in [-0.05, 0) is 36.3 Å². The number of carbonyl (C=O) groups is 2. The maximum Gasteiger partial charge on any atom is 0.351 e. The first-order valence-electron chi connectivity index (χ1n) is 11.5. The lowest BCUT2D eigenvalue weighted by molar-refractivity contribution is -0.694. The Morgan fingerprint density at radius 3 is 2.37 bits per heavy atom. The monoisotopic (exact) mass is 487 g/mol. The van der Waals surface area contributed by atoms with Crippen LogP contribution in [0.25, 0.3) is 6.08 Å². The molecule has 9 nitrogen and oxygen atoms in total. The zero-order chi connectivity index (χ0) is 25.5. The van der Waals surface area contributed by atoms with E-state index in [4.69, 9.17) is 34.0 Å². The molecule has 2 atom stereocenters. The molecule has 0 amide bonds. The van der Waals surface area contributed by atoms with Crippen LogP contribution >= 0.6 is 0 Å². The van der Waals surface area contributed by atoms with E-state index in [2.05, 4.69) is 17.4 Å². The number of aliphatic hydroxyl groups excluding tert-OH is 1. The minimum atomic E-state index is -2.07. The molecule has 1 aliphatic rings. The van der Waals surface area contributed by atoms with Crippen LogP contribution in [0.1, 0.15) is 37.0 Å². The fourth-order valence-electron chi connectivity index (χ4n) is 3.33. The number of carbonyl (C=O) groups excluding carboxylic acids is 1. The molecule has 4 N–H and O–H groups in total. The van der Waals surface area contributed by atoms with Crippen molar-refractivity contribution in [2.45, 2.75) is 38.2 Å². The summed E-state index contributed by atoms with van der Waals surface area (Å²) in [5.74, 6) is -3.21. The van der Waals surface area contributed by atoms with Gasteiger partial charge >= 0.3 is 5.97 Å². The number of nitrogens with two attached hydrogens (primary N) is 1. The highest BCUT2D eigenvalue weighted by Crippen LogP contribution is 2.19. The van der Waals surface area contributed by atoms with Gasteiger partial charge in [0.15, 0.2) is 12.3 Å². The van der Waals surface area contributed by atoms with Gasteiger partial charge < -0.3 is 39.6 Å². The summed E-state index contributed by atoms with van der Waals surface area (Å²) in [6, 6.07) is 17.9. The lowest BCUT2D eigenvalue weighted by Crippen LogP contribution is -2.90. The zero-order valence-electron chi connectivity index (χ0n) is 19.7. The molecule has 0 radical (unpaired) electrons. The second-order valence-corrected chi connectivity index (χ2v) is 7.93. The highest BCUT2D eigenvalue weighted by molar-refractivity contribution is 6.26. The Morgan fingerprint density at radius 2 is 1.77 bits per heavy atom. The van der Waals surface area contributed by atoms with Gasteiger partial charge in [-0.15, -0.1) is 0 Å². The Bertz CT molecular complexity index is 899. The summed E-state index contributed by atoms with van der Waals surface area (Å²) in [6.45, 7) is 4.90. The molecule has 3 rings (SSSR count). The standard InChI is InChI=1S/C24H31NO4.C2H2O4/c1-19(25-15-5-10-23-28-17-18-29-23)24(26)21-11-13-22(14-12-21)27-16-6-9-20-7-3-2-4-8-20;3-1(4)2(5)6/h2-4,6-9,11-14,19,23-26H,5,10,15-18H2,1H3;(H,3,4)(H,5,6)/b9-6+;. The van der Waals surface area contributed by atoms with Crippen molar-refractivity contribution >= 4 is 18.0 Å². The second-order valence-electron chi connectivity index (χ2n) is 7.93. The number of carboxylic acids is 2. The predicted molar refractivity (Wildman–Crippen MR) is 126 cm³/mol. The summed E-state index contributed by atoms with van der Waals surface area (Å²) in [5, 5.41) is 29.1. The molecule has 190 valence electrons. The highest BCUT2D eigenvalue weighted by Gasteiger charge is 2.20. The maximum absolute atomic E-state index is 10.6. The molecule has 1 aliphatic heterocycles. The van der Waals surface area contributed by atoms with Crippen LogP contribution in [-0.2, 0) is 19.1 Å². The van der Waals surface area contributed by atoms with Gasteiger partial charge in [0, 0.05) is 12.8 Å². The van der Waals surface area contributed by atoms with E-state index < -0.39 is 18.0 Å². The molecule has 1 saturated heterocycles. The lowest BCUT2D eigenvalue weighted by Gasteiger charge is -2.18. The molecule has 0 aliphatic carbocycles. The third-order valence-corrected chi connectivity index (χ3v) is 5.22. The number of aliphatic hydroxyl groups is 1. The van der Waals surface area contributed by atoms with Crippen LogP contribution < -0.4 is 15.2 Å². The van der Waals surface area contributed by atoms with Gasteiger partial charge in [-0.25, -0.2) is 4.79 Å². The first kappa shape index (κ1) is 28.0. The van der Waals surface area contributed by atoms with Gasteiger partial charge in [-0.2, -0.15) is 0 Å². The van der Waals surface area contributed by atoms with Crippen molar-refractivity contribution in [2.75, 3.05) is 26.4 Å². The third kappa shape index (κ3) is 11.2. The molecule has 1 fully saturated rings. The van der Waals surface area contributed by atoms with Crippen molar-refractivity contribution in [3.05, 3.63) is 71.8 Å². The fourth-order valence-corrected chi connectivity index (χ4v) is 3.33. The average molecular weight is 488 g/mol. The molecule has 2 aromatic carbocycles. The minimum absolute atomic E-state index is 0.0429. The summed E-state index contributed by atoms with van der Waals surface area (Å²) in [6.07, 6.45) is 5.40. The normalized spacial score (nSPS) is 15.3. The minimum Gasteiger partial charge on any atom is -0.539 e. The summed E-state index contributed by atoms with van der Waals surface area (Å²) < 4.78 is 16.6. The van der Waals surface area contributed by atoms with Gasteiger partial charge in [0.05, 0.1) is 19.8 Å². The van der Waals surface area contributed by atoms with E-state index in [0.29, 0.717) is 19.8 Å². The fraction of sp³-hybridized carbons (Fsp3) is 0.385.